The number of ether oxygens (including phenoxy) is 6. The monoisotopic (exact) mass is 1610 g/mol. The third-order valence-electron chi connectivity index (χ3n) is 27.0. The lowest BCUT2D eigenvalue weighted by Crippen LogP contribution is -2.59. The zero-order valence-electron chi connectivity index (χ0n) is 64.8. The van der Waals surface area contributed by atoms with Crippen molar-refractivity contribution < 1.29 is 95.2 Å². The van der Waals surface area contributed by atoms with Gasteiger partial charge in [0.1, 0.15) is 26.4 Å². The molecular weight excluding hydrogens is 1500 g/mol. The molecule has 22 rings (SSSR count). The van der Waals surface area contributed by atoms with Crippen LogP contribution in [0.4, 0.5) is 17.6 Å². The topological polar surface area (TPSA) is 239 Å². The van der Waals surface area contributed by atoms with Gasteiger partial charge in [-0.05, 0) is 273 Å². The molecular formula is C92H106F4O16S2+2. The number of rotatable bonds is 22. The molecule has 16 saturated carbocycles. The highest BCUT2D eigenvalue weighted by molar-refractivity contribution is 7.97. The number of hydrogen-bond donors (Lipinski definition) is 4. The summed E-state index contributed by atoms with van der Waals surface area (Å²) < 4.78 is 86.3. The summed E-state index contributed by atoms with van der Waals surface area (Å²) in [5.41, 5.74) is -4.87. The maximum absolute atomic E-state index is 13.6. The summed E-state index contributed by atoms with van der Waals surface area (Å²) in [6.45, 7) is -1.24. The number of carbonyl (C=O) groups is 6. The van der Waals surface area contributed by atoms with Crippen molar-refractivity contribution in [3.63, 3.8) is 0 Å². The van der Waals surface area contributed by atoms with Gasteiger partial charge in [-0.25, -0.2) is 9.59 Å². The van der Waals surface area contributed by atoms with E-state index >= 15 is 0 Å². The molecule has 0 heterocycles. The highest BCUT2D eigenvalue weighted by Crippen LogP contribution is 2.65. The summed E-state index contributed by atoms with van der Waals surface area (Å²) in [5.74, 6) is -11.1. The van der Waals surface area contributed by atoms with Gasteiger partial charge in [0, 0.05) is 13.8 Å². The minimum absolute atomic E-state index is 0.0146. The Bertz CT molecular complexity index is 3930. The normalized spacial score (nSPS) is 33.6. The summed E-state index contributed by atoms with van der Waals surface area (Å²) in [6.07, 6.45) is 11.4. The summed E-state index contributed by atoms with van der Waals surface area (Å²) >= 11 is 0. The Labute approximate surface area is 670 Å². The van der Waals surface area contributed by atoms with Crippen molar-refractivity contribution in [1.29, 1.82) is 0 Å². The second-order valence-corrected chi connectivity index (χ2v) is 40.2. The predicted octanol–water partition coefficient (Wildman–Crippen LogP) is 15.9. The first-order valence-corrected chi connectivity index (χ1v) is 43.4. The van der Waals surface area contributed by atoms with E-state index in [-0.39, 0.29) is 75.6 Å². The zero-order chi connectivity index (χ0) is 80.0. The Kier molecular flexibility index (Phi) is 23.6. The molecule has 16 bridgehead atoms. The second-order valence-electron chi connectivity index (χ2n) is 36.1. The molecule has 16 fully saturated rings. The Morgan fingerprint density at radius 2 is 0.596 bits per heavy atom. The maximum Gasteiger partial charge on any atom is 0.377 e. The fourth-order valence-corrected chi connectivity index (χ4v) is 27.8. The van der Waals surface area contributed by atoms with Crippen LogP contribution in [0.5, 0.6) is 0 Å². The van der Waals surface area contributed by atoms with Crippen LogP contribution >= 0.6 is 0 Å². The first-order chi connectivity index (χ1) is 54.5. The van der Waals surface area contributed by atoms with Crippen LogP contribution in [-0.4, -0.2) is 130 Å². The quantitative estimate of drug-likeness (QED) is 0.0214. The van der Waals surface area contributed by atoms with E-state index in [9.17, 15) is 66.8 Å². The van der Waals surface area contributed by atoms with Gasteiger partial charge in [-0.1, -0.05) is 109 Å². The molecule has 16 nitrogen and oxygen atoms in total. The van der Waals surface area contributed by atoms with Gasteiger partial charge in [-0.15, -0.1) is 0 Å². The molecule has 9 unspecified atom stereocenters. The molecule has 16 aliphatic rings. The molecule has 114 heavy (non-hydrogen) atoms. The van der Waals surface area contributed by atoms with E-state index in [1.54, 1.807) is 0 Å². The molecule has 9 atom stereocenters. The molecule has 6 aromatic rings. The van der Waals surface area contributed by atoms with Crippen molar-refractivity contribution in [2.75, 3.05) is 26.4 Å². The van der Waals surface area contributed by atoms with E-state index in [0.29, 0.717) is 122 Å². The molecule has 0 radical (unpaired) electrons. The van der Waals surface area contributed by atoms with E-state index in [4.69, 9.17) is 28.4 Å². The third kappa shape index (κ3) is 17.8. The Morgan fingerprint density at radius 1 is 0.342 bits per heavy atom. The minimum Gasteiger partial charge on any atom is -0.461 e. The smallest absolute Gasteiger partial charge is 0.377 e. The minimum atomic E-state index is -3.75. The summed E-state index contributed by atoms with van der Waals surface area (Å²) in [6, 6.07) is 64.3. The van der Waals surface area contributed by atoms with Gasteiger partial charge in [0.25, 0.3) is 0 Å². The highest BCUT2D eigenvalue weighted by atomic mass is 32.2. The molecule has 0 saturated heterocycles. The van der Waals surface area contributed by atoms with E-state index in [1.807, 2.05) is 0 Å². The molecule has 0 amide bonds. The van der Waals surface area contributed by atoms with Crippen LogP contribution in [0.3, 0.4) is 0 Å². The van der Waals surface area contributed by atoms with Crippen LogP contribution in [0, 0.1) is 80.8 Å². The first kappa shape index (κ1) is 81.5. The average molecular weight is 1610 g/mol. The fraction of sp³-hybridized carbons (Fsp3) is 0.543. The van der Waals surface area contributed by atoms with Crippen LogP contribution in [0.25, 0.3) is 0 Å². The lowest BCUT2D eigenvalue weighted by molar-refractivity contribution is -0.210. The van der Waals surface area contributed by atoms with Crippen molar-refractivity contribution in [3.8, 4) is 0 Å². The van der Waals surface area contributed by atoms with Gasteiger partial charge in [-0.3, -0.25) is 19.2 Å². The number of aliphatic hydroxyl groups is 4. The largest absolute Gasteiger partial charge is 0.461 e. The van der Waals surface area contributed by atoms with E-state index in [0.717, 1.165) is 38.5 Å². The number of halogens is 4. The Balaban J connectivity index is 0.000000126. The van der Waals surface area contributed by atoms with Crippen LogP contribution in [-0.2, 0) is 79.0 Å². The number of alkyl halides is 4. The van der Waals surface area contributed by atoms with Crippen LogP contribution in [0.15, 0.2) is 211 Å². The molecule has 6 aromatic carbocycles. The molecule has 4 N–H and O–H groups in total. The third-order valence-corrected chi connectivity index (χ3v) is 31.4. The zero-order valence-corrected chi connectivity index (χ0v) is 66.4. The van der Waals surface area contributed by atoms with Crippen LogP contribution in [0.1, 0.15) is 155 Å². The number of aliphatic hydroxyl groups excluding tert-OH is 2. The van der Waals surface area contributed by atoms with Gasteiger partial charge in [0.15, 0.2) is 41.6 Å². The van der Waals surface area contributed by atoms with Crippen molar-refractivity contribution in [2.24, 2.45) is 80.8 Å². The summed E-state index contributed by atoms with van der Waals surface area (Å²) in [7, 11) is -0.0293. The van der Waals surface area contributed by atoms with Gasteiger partial charge in [0.05, 0.1) is 66.9 Å². The van der Waals surface area contributed by atoms with Crippen molar-refractivity contribution >= 4 is 57.6 Å². The van der Waals surface area contributed by atoms with Gasteiger partial charge < -0.3 is 48.8 Å². The summed E-state index contributed by atoms with van der Waals surface area (Å²) in [5, 5.41) is 43.0. The number of carbonyl (C=O) groups excluding carboxylic acids is 6. The molecule has 0 spiro atoms. The maximum atomic E-state index is 13.6. The first-order valence-electron chi connectivity index (χ1n) is 40.9. The van der Waals surface area contributed by atoms with E-state index < -0.39 is 131 Å². The fourth-order valence-electron chi connectivity index (χ4n) is 23.6. The number of benzene rings is 6. The van der Waals surface area contributed by atoms with E-state index in [2.05, 4.69) is 182 Å². The molecule has 16 aliphatic carbocycles. The average Bonchev–Trinajstić information content (AvgIpc) is 0.737. The molecule has 0 aromatic heterocycles. The summed E-state index contributed by atoms with van der Waals surface area (Å²) in [4.78, 5) is 85.3. The highest BCUT2D eigenvalue weighted by Gasteiger charge is 2.65. The van der Waals surface area contributed by atoms with Gasteiger partial charge >= 0.3 is 47.7 Å². The van der Waals surface area contributed by atoms with Gasteiger partial charge in [-0.2, -0.15) is 17.6 Å². The van der Waals surface area contributed by atoms with Crippen LogP contribution in [0.2, 0.25) is 0 Å². The lowest BCUT2D eigenvalue weighted by Gasteiger charge is -2.59. The Hall–Kier alpha value is -7.60. The standard InChI is InChI=1S/2C28H38F2O8.2C18H15S/c1-24(29,30)21(31)36-12-20(38-23(33)26-6-18-3-19(7-26)11-28(35,10-18)15-26)13-37-22(32)25-4-16-2-17(5-25)9-27(34,8-16)14-25;1-26(29,30)23(33)38-20(12-36-24(34)27-6-14-2-16(8-27)21(31)17(3-14)9-27)13-37-25(35)28-7-15-4-18(10-28)22(32)19(5-15)11-28;2*1-4-10-16(11-5-1)19(17-12-6-2-7-13-17)18-14-8-3-9-15-18/h16-20,34-35H,2-15H2,1H3;14-22,31-32H,2-13H2,1H3;2*1-15H/q;;2*+1. The molecule has 608 valence electrons. The van der Waals surface area contributed by atoms with Crippen molar-refractivity contribution in [3.05, 3.63) is 182 Å². The molecule has 0 aliphatic heterocycles. The van der Waals surface area contributed by atoms with Crippen LogP contribution < -0.4 is 0 Å². The molecule has 22 heteroatoms. The Morgan fingerprint density at radius 3 is 0.877 bits per heavy atom. The second kappa shape index (κ2) is 33.1. The lowest BCUT2D eigenvalue weighted by atomic mass is 9.48. The SMILES string of the molecule is CC(F)(F)C(=O)OC(COC(=O)C12CC3CC(C1)C(O)C(C3)C2)COC(=O)C12CC3CC(C1)C(O)C(C3)C2.CC(F)(F)C(=O)OCC(COC(=O)C12CC3CC(CC(O)(C3)C1)C2)OC(=O)C12CC3CC(CC(O)(C3)C1)C2.c1ccc([S+](c2ccccc2)c2ccccc2)cc1.c1ccc([S+](c2ccccc2)c2ccccc2)cc1. The van der Waals surface area contributed by atoms with Crippen molar-refractivity contribution in [2.45, 2.75) is 232 Å². The van der Waals surface area contributed by atoms with Gasteiger partial charge in [0.2, 0.25) is 0 Å². The van der Waals surface area contributed by atoms with Crippen molar-refractivity contribution in [1.82, 2.24) is 0 Å². The number of hydrogen-bond acceptors (Lipinski definition) is 16. The predicted molar refractivity (Wildman–Crippen MR) is 416 cm³/mol. The van der Waals surface area contributed by atoms with E-state index in [1.165, 1.54) is 29.4 Å². The number of esters is 6.